The number of ether oxygens (including phenoxy) is 1. The third-order valence-electron chi connectivity index (χ3n) is 4.99. The Morgan fingerprint density at radius 3 is 2.54 bits per heavy atom. The van der Waals surface area contributed by atoms with Gasteiger partial charge in [0, 0.05) is 10.6 Å². The number of benzene rings is 3. The van der Waals surface area contributed by atoms with E-state index in [4.69, 9.17) is 21.3 Å². The molecule has 4 heteroatoms. The highest BCUT2D eigenvalue weighted by Gasteiger charge is 2.14. The Hall–Kier alpha value is -2.78. The highest BCUT2D eigenvalue weighted by Crippen LogP contribution is 2.28. The van der Waals surface area contributed by atoms with E-state index in [0.717, 1.165) is 38.8 Å². The van der Waals surface area contributed by atoms with Crippen molar-refractivity contribution in [3.8, 4) is 17.1 Å². The van der Waals surface area contributed by atoms with Crippen molar-refractivity contribution in [2.75, 3.05) is 6.61 Å². The van der Waals surface area contributed by atoms with Crippen LogP contribution in [0.2, 0.25) is 5.02 Å². The van der Waals surface area contributed by atoms with E-state index in [0.29, 0.717) is 13.2 Å². The first kappa shape index (κ1) is 18.6. The molecule has 0 aliphatic heterocycles. The highest BCUT2D eigenvalue weighted by molar-refractivity contribution is 6.31. The summed E-state index contributed by atoms with van der Waals surface area (Å²) in [6.07, 6.45) is 0. The molecule has 0 amide bonds. The van der Waals surface area contributed by atoms with Gasteiger partial charge in [0.1, 0.15) is 18.2 Å². The summed E-state index contributed by atoms with van der Waals surface area (Å²) in [5.74, 6) is 1.81. The highest BCUT2D eigenvalue weighted by atomic mass is 35.5. The maximum Gasteiger partial charge on any atom is 0.141 e. The Balaban J connectivity index is 1.66. The Morgan fingerprint density at radius 2 is 1.75 bits per heavy atom. The first-order valence-corrected chi connectivity index (χ1v) is 9.82. The van der Waals surface area contributed by atoms with Crippen molar-refractivity contribution in [2.45, 2.75) is 27.3 Å². The largest absolute Gasteiger partial charge is 0.492 e. The quantitative estimate of drug-likeness (QED) is 0.396. The number of para-hydroxylation sites is 2. The van der Waals surface area contributed by atoms with Gasteiger partial charge in [-0.05, 0) is 62.2 Å². The van der Waals surface area contributed by atoms with E-state index >= 15 is 0 Å². The zero-order chi connectivity index (χ0) is 19.7. The van der Waals surface area contributed by atoms with E-state index in [-0.39, 0.29) is 0 Å². The molecule has 0 atom stereocenters. The predicted molar refractivity (Wildman–Crippen MR) is 116 cm³/mol. The van der Waals surface area contributed by atoms with Crippen LogP contribution in [0.25, 0.3) is 22.4 Å². The number of fused-ring (bicyclic) bond motifs is 1. The Kier molecular flexibility index (Phi) is 5.10. The van der Waals surface area contributed by atoms with Crippen LogP contribution in [-0.2, 0) is 6.54 Å². The minimum Gasteiger partial charge on any atom is -0.492 e. The molecule has 0 spiro atoms. The minimum absolute atomic E-state index is 0.555. The molecule has 0 aliphatic rings. The second-order valence-corrected chi connectivity index (χ2v) is 7.56. The maximum atomic E-state index is 6.11. The monoisotopic (exact) mass is 390 g/mol. The van der Waals surface area contributed by atoms with Crippen LogP contribution in [0.15, 0.2) is 60.7 Å². The fourth-order valence-corrected chi connectivity index (χ4v) is 3.65. The Labute approximate surface area is 170 Å². The van der Waals surface area contributed by atoms with Crippen molar-refractivity contribution >= 4 is 22.6 Å². The van der Waals surface area contributed by atoms with Gasteiger partial charge in [0.05, 0.1) is 17.6 Å². The van der Waals surface area contributed by atoms with Crippen LogP contribution in [-0.4, -0.2) is 16.2 Å². The summed E-state index contributed by atoms with van der Waals surface area (Å²) < 4.78 is 8.24. The lowest BCUT2D eigenvalue weighted by molar-refractivity contribution is 0.300. The topological polar surface area (TPSA) is 27.1 Å². The van der Waals surface area contributed by atoms with E-state index in [1.165, 1.54) is 11.1 Å². The number of hydrogen-bond donors (Lipinski definition) is 0. The molecule has 142 valence electrons. The molecule has 0 fully saturated rings. The zero-order valence-corrected chi connectivity index (χ0v) is 17.1. The Morgan fingerprint density at radius 1 is 0.929 bits per heavy atom. The average Bonchev–Trinajstić information content (AvgIpc) is 3.03. The lowest BCUT2D eigenvalue weighted by Gasteiger charge is -2.13. The summed E-state index contributed by atoms with van der Waals surface area (Å²) >= 11 is 6.11. The molecule has 0 saturated carbocycles. The van der Waals surface area contributed by atoms with E-state index in [9.17, 15) is 0 Å². The summed E-state index contributed by atoms with van der Waals surface area (Å²) in [7, 11) is 0. The number of hydrogen-bond acceptors (Lipinski definition) is 2. The van der Waals surface area contributed by atoms with Crippen molar-refractivity contribution in [1.29, 1.82) is 0 Å². The first-order valence-electron chi connectivity index (χ1n) is 9.45. The molecule has 0 bridgehead atoms. The van der Waals surface area contributed by atoms with Crippen molar-refractivity contribution in [2.24, 2.45) is 0 Å². The number of nitrogens with zero attached hydrogens (tertiary/aromatic N) is 2. The lowest BCUT2D eigenvalue weighted by Crippen LogP contribution is -2.10. The van der Waals surface area contributed by atoms with Gasteiger partial charge in [0.2, 0.25) is 0 Å². The summed E-state index contributed by atoms with van der Waals surface area (Å²) in [5.41, 5.74) is 6.77. The number of imidazole rings is 1. The third kappa shape index (κ3) is 3.63. The van der Waals surface area contributed by atoms with Crippen LogP contribution in [0.3, 0.4) is 0 Å². The SMILES string of the molecule is Cc1ccc(-c2nc3ccccc3n2CCOc2ccc(Cl)c(C)c2)c(C)c1. The summed E-state index contributed by atoms with van der Waals surface area (Å²) in [5, 5.41) is 0.755. The van der Waals surface area contributed by atoms with Crippen LogP contribution in [0.4, 0.5) is 0 Å². The van der Waals surface area contributed by atoms with Gasteiger partial charge in [-0.1, -0.05) is 47.5 Å². The molecule has 4 rings (SSSR count). The zero-order valence-electron chi connectivity index (χ0n) is 16.4. The van der Waals surface area contributed by atoms with Crippen molar-refractivity contribution in [3.63, 3.8) is 0 Å². The van der Waals surface area contributed by atoms with E-state index in [1.807, 2.05) is 31.2 Å². The number of aryl methyl sites for hydroxylation is 3. The Bertz CT molecular complexity index is 1150. The van der Waals surface area contributed by atoms with Crippen LogP contribution < -0.4 is 4.74 Å². The number of halogens is 1. The molecule has 0 aliphatic carbocycles. The second-order valence-electron chi connectivity index (χ2n) is 7.15. The smallest absolute Gasteiger partial charge is 0.141 e. The molecule has 1 aromatic heterocycles. The summed E-state index contributed by atoms with van der Waals surface area (Å²) in [6, 6.07) is 20.5. The van der Waals surface area contributed by atoms with Crippen molar-refractivity contribution in [1.82, 2.24) is 9.55 Å². The normalized spacial score (nSPS) is 11.1. The fourth-order valence-electron chi connectivity index (χ4n) is 3.53. The average molecular weight is 391 g/mol. The van der Waals surface area contributed by atoms with E-state index in [2.05, 4.69) is 54.8 Å². The summed E-state index contributed by atoms with van der Waals surface area (Å²) in [6.45, 7) is 7.50. The molecule has 0 saturated heterocycles. The molecule has 3 nitrogen and oxygen atoms in total. The molecule has 1 heterocycles. The maximum absolute atomic E-state index is 6.11. The van der Waals surface area contributed by atoms with Crippen molar-refractivity contribution < 1.29 is 4.74 Å². The van der Waals surface area contributed by atoms with Crippen LogP contribution >= 0.6 is 11.6 Å². The molecule has 0 radical (unpaired) electrons. The minimum atomic E-state index is 0.555. The van der Waals surface area contributed by atoms with Crippen LogP contribution in [0.1, 0.15) is 16.7 Å². The van der Waals surface area contributed by atoms with Gasteiger partial charge in [-0.15, -0.1) is 0 Å². The van der Waals surface area contributed by atoms with Gasteiger partial charge in [-0.25, -0.2) is 4.98 Å². The number of rotatable bonds is 5. The molecular formula is C24H23ClN2O. The molecule has 3 aromatic carbocycles. The van der Waals surface area contributed by atoms with Gasteiger partial charge in [-0.2, -0.15) is 0 Å². The number of aromatic nitrogens is 2. The predicted octanol–water partition coefficient (Wildman–Crippen LogP) is 6.36. The third-order valence-corrected chi connectivity index (χ3v) is 5.41. The van der Waals surface area contributed by atoms with Gasteiger partial charge in [0.25, 0.3) is 0 Å². The summed E-state index contributed by atoms with van der Waals surface area (Å²) in [4.78, 5) is 4.91. The van der Waals surface area contributed by atoms with Gasteiger partial charge >= 0.3 is 0 Å². The van der Waals surface area contributed by atoms with Crippen molar-refractivity contribution in [3.05, 3.63) is 82.4 Å². The van der Waals surface area contributed by atoms with Gasteiger partial charge < -0.3 is 9.30 Å². The fraction of sp³-hybridized carbons (Fsp3) is 0.208. The van der Waals surface area contributed by atoms with Crippen LogP contribution in [0.5, 0.6) is 5.75 Å². The lowest BCUT2D eigenvalue weighted by atomic mass is 10.1. The standard InChI is InChI=1S/C24H23ClN2O/c1-16-8-10-20(17(2)14-16)24-26-22-6-4-5-7-23(22)27(24)12-13-28-19-9-11-21(25)18(3)15-19/h4-11,14-15H,12-13H2,1-3H3. The van der Waals surface area contributed by atoms with Gasteiger partial charge in [0.15, 0.2) is 0 Å². The van der Waals surface area contributed by atoms with E-state index < -0.39 is 0 Å². The molecular weight excluding hydrogens is 368 g/mol. The second kappa shape index (κ2) is 7.69. The molecule has 28 heavy (non-hydrogen) atoms. The van der Waals surface area contributed by atoms with E-state index in [1.54, 1.807) is 0 Å². The van der Waals surface area contributed by atoms with Gasteiger partial charge in [-0.3, -0.25) is 0 Å². The first-order chi connectivity index (χ1) is 13.5. The molecule has 0 N–H and O–H groups in total. The molecule has 4 aromatic rings. The molecule has 0 unspecified atom stereocenters. The van der Waals surface area contributed by atoms with Crippen LogP contribution in [0, 0.1) is 20.8 Å².